The summed E-state index contributed by atoms with van der Waals surface area (Å²) in [5.74, 6) is 0.493. The van der Waals surface area contributed by atoms with Crippen LogP contribution in [-0.4, -0.2) is 32.5 Å². The van der Waals surface area contributed by atoms with Crippen LogP contribution < -0.4 is 5.73 Å². The van der Waals surface area contributed by atoms with Crippen molar-refractivity contribution in [2.45, 2.75) is 44.4 Å². The molecule has 0 aromatic rings. The van der Waals surface area contributed by atoms with E-state index in [2.05, 4.69) is 6.92 Å². The smallest absolute Gasteiger partial charge is 0.0858 e. The van der Waals surface area contributed by atoms with Crippen LogP contribution >= 0.6 is 0 Å². The molecule has 0 heterocycles. The molecule has 3 nitrogen and oxygen atoms in total. The zero-order valence-corrected chi connectivity index (χ0v) is 8.82. The second-order valence-electron chi connectivity index (χ2n) is 4.02. The molecule has 1 fully saturated rings. The average Bonchev–Trinajstić information content (AvgIpc) is 2.23. The van der Waals surface area contributed by atoms with Crippen molar-refractivity contribution in [2.75, 3.05) is 14.2 Å². The van der Waals surface area contributed by atoms with Crippen LogP contribution in [0.5, 0.6) is 0 Å². The van der Waals surface area contributed by atoms with Gasteiger partial charge in [0.25, 0.3) is 0 Å². The molecule has 0 saturated heterocycles. The number of hydrogen-bond acceptors (Lipinski definition) is 3. The Morgan fingerprint density at radius 1 is 1.15 bits per heavy atom. The van der Waals surface area contributed by atoms with E-state index in [4.69, 9.17) is 15.2 Å². The molecule has 13 heavy (non-hydrogen) atoms. The number of hydrogen-bond donors (Lipinski definition) is 1. The van der Waals surface area contributed by atoms with E-state index in [1.807, 2.05) is 0 Å². The molecule has 1 aliphatic carbocycles. The number of rotatable bonds is 2. The van der Waals surface area contributed by atoms with Gasteiger partial charge in [-0.2, -0.15) is 0 Å². The Morgan fingerprint density at radius 3 is 2.38 bits per heavy atom. The van der Waals surface area contributed by atoms with Crippen LogP contribution in [0.4, 0.5) is 0 Å². The second kappa shape index (κ2) is 4.94. The molecule has 0 aliphatic heterocycles. The van der Waals surface area contributed by atoms with Crippen molar-refractivity contribution < 1.29 is 9.47 Å². The van der Waals surface area contributed by atoms with Gasteiger partial charge in [-0.05, 0) is 25.2 Å². The minimum Gasteiger partial charge on any atom is -0.379 e. The van der Waals surface area contributed by atoms with E-state index in [1.165, 1.54) is 0 Å². The second-order valence-corrected chi connectivity index (χ2v) is 4.02. The first-order valence-electron chi connectivity index (χ1n) is 5.00. The fourth-order valence-corrected chi connectivity index (χ4v) is 2.27. The maximum Gasteiger partial charge on any atom is 0.0858 e. The quantitative estimate of drug-likeness (QED) is 0.660. The third-order valence-corrected chi connectivity index (χ3v) is 3.00. The molecule has 4 unspecified atom stereocenters. The van der Waals surface area contributed by atoms with Gasteiger partial charge in [-0.15, -0.1) is 0 Å². The van der Waals surface area contributed by atoms with E-state index in [1.54, 1.807) is 14.2 Å². The third-order valence-electron chi connectivity index (χ3n) is 3.00. The van der Waals surface area contributed by atoms with Crippen molar-refractivity contribution in [1.82, 2.24) is 0 Å². The van der Waals surface area contributed by atoms with Crippen LogP contribution in [0, 0.1) is 5.92 Å². The summed E-state index contributed by atoms with van der Waals surface area (Å²) in [7, 11) is 3.50. The highest BCUT2D eigenvalue weighted by atomic mass is 16.5. The molecule has 0 aromatic heterocycles. The van der Waals surface area contributed by atoms with E-state index < -0.39 is 0 Å². The van der Waals surface area contributed by atoms with E-state index in [-0.39, 0.29) is 12.2 Å². The van der Waals surface area contributed by atoms with Crippen molar-refractivity contribution in [3.8, 4) is 0 Å². The van der Waals surface area contributed by atoms with E-state index >= 15 is 0 Å². The number of ether oxygens (including phenoxy) is 2. The summed E-state index contributed by atoms with van der Waals surface area (Å²) in [6.45, 7) is 2.19. The predicted octanol–water partition coefficient (Wildman–Crippen LogP) is 1.16. The van der Waals surface area contributed by atoms with Crippen molar-refractivity contribution >= 4 is 0 Å². The van der Waals surface area contributed by atoms with Crippen molar-refractivity contribution in [2.24, 2.45) is 11.7 Å². The summed E-state index contributed by atoms with van der Waals surface area (Å²) in [6.07, 6.45) is 3.52. The van der Waals surface area contributed by atoms with Crippen molar-refractivity contribution in [3.05, 3.63) is 0 Å². The lowest BCUT2D eigenvalue weighted by Crippen LogP contribution is -2.34. The number of methoxy groups -OCH3 is 2. The van der Waals surface area contributed by atoms with E-state index in [0.717, 1.165) is 19.3 Å². The van der Waals surface area contributed by atoms with Gasteiger partial charge >= 0.3 is 0 Å². The summed E-state index contributed by atoms with van der Waals surface area (Å²) in [6, 6.07) is 0.313. The molecular weight excluding hydrogens is 166 g/mol. The normalized spacial score (nSPS) is 41.5. The SMILES string of the molecule is COC1CCC(N)CC(C)C1OC. The Labute approximate surface area is 80.6 Å². The molecule has 1 aliphatic rings. The molecule has 0 aromatic carbocycles. The van der Waals surface area contributed by atoms with Crippen LogP contribution in [0.25, 0.3) is 0 Å². The van der Waals surface area contributed by atoms with E-state index in [0.29, 0.717) is 12.0 Å². The highest BCUT2D eigenvalue weighted by Crippen LogP contribution is 2.26. The van der Waals surface area contributed by atoms with Gasteiger partial charge < -0.3 is 15.2 Å². The fourth-order valence-electron chi connectivity index (χ4n) is 2.27. The molecule has 0 spiro atoms. The minimum absolute atomic E-state index is 0.207. The first kappa shape index (κ1) is 11.0. The molecule has 0 bridgehead atoms. The molecule has 78 valence electrons. The summed E-state index contributed by atoms with van der Waals surface area (Å²) < 4.78 is 10.9. The van der Waals surface area contributed by atoms with Crippen LogP contribution in [0.3, 0.4) is 0 Å². The first-order chi connectivity index (χ1) is 6.19. The monoisotopic (exact) mass is 187 g/mol. The Bertz CT molecular complexity index is 152. The highest BCUT2D eigenvalue weighted by Gasteiger charge is 2.31. The molecular formula is C10H21NO2. The van der Waals surface area contributed by atoms with Gasteiger partial charge in [0.05, 0.1) is 12.2 Å². The lowest BCUT2D eigenvalue weighted by molar-refractivity contribution is -0.0594. The summed E-state index contributed by atoms with van der Waals surface area (Å²) in [4.78, 5) is 0. The minimum atomic E-state index is 0.207. The summed E-state index contributed by atoms with van der Waals surface area (Å²) >= 11 is 0. The van der Waals surface area contributed by atoms with Gasteiger partial charge in [-0.25, -0.2) is 0 Å². The van der Waals surface area contributed by atoms with Gasteiger partial charge in [0.2, 0.25) is 0 Å². The first-order valence-corrected chi connectivity index (χ1v) is 5.00. The zero-order valence-electron chi connectivity index (χ0n) is 8.82. The standard InChI is InChI=1S/C10H21NO2/c1-7-6-8(11)4-5-9(12-2)10(7)13-3/h7-10H,4-6,11H2,1-3H3. The molecule has 2 N–H and O–H groups in total. The number of nitrogens with two attached hydrogens (primary N) is 1. The molecule has 1 rings (SSSR count). The topological polar surface area (TPSA) is 44.5 Å². The van der Waals surface area contributed by atoms with Gasteiger partial charge in [-0.3, -0.25) is 0 Å². The largest absolute Gasteiger partial charge is 0.379 e. The molecule has 0 radical (unpaired) electrons. The molecule has 4 atom stereocenters. The highest BCUT2D eigenvalue weighted by molar-refractivity contribution is 4.84. The zero-order chi connectivity index (χ0) is 9.84. The van der Waals surface area contributed by atoms with Crippen LogP contribution in [-0.2, 0) is 9.47 Å². The van der Waals surface area contributed by atoms with Crippen LogP contribution in [0.2, 0.25) is 0 Å². The maximum atomic E-state index is 5.95. The van der Waals surface area contributed by atoms with Crippen molar-refractivity contribution in [3.63, 3.8) is 0 Å². The van der Waals surface area contributed by atoms with E-state index in [9.17, 15) is 0 Å². The van der Waals surface area contributed by atoms with Crippen LogP contribution in [0.15, 0.2) is 0 Å². The van der Waals surface area contributed by atoms with Gasteiger partial charge in [0.15, 0.2) is 0 Å². The lowest BCUT2D eigenvalue weighted by Gasteiger charge is -2.27. The average molecular weight is 187 g/mol. The molecule has 0 amide bonds. The predicted molar refractivity (Wildman–Crippen MR) is 52.6 cm³/mol. The summed E-state index contributed by atoms with van der Waals surface area (Å²) in [5.41, 5.74) is 5.95. The third kappa shape index (κ3) is 2.66. The van der Waals surface area contributed by atoms with Gasteiger partial charge in [0, 0.05) is 20.3 Å². The lowest BCUT2D eigenvalue weighted by atomic mass is 9.97. The summed E-state index contributed by atoms with van der Waals surface area (Å²) in [5, 5.41) is 0. The molecule has 3 heteroatoms. The van der Waals surface area contributed by atoms with Gasteiger partial charge in [0.1, 0.15) is 0 Å². The van der Waals surface area contributed by atoms with Crippen LogP contribution in [0.1, 0.15) is 26.2 Å². The Balaban J connectivity index is 2.62. The maximum absolute atomic E-state index is 5.95. The molecule has 1 saturated carbocycles. The Kier molecular flexibility index (Phi) is 4.16. The fraction of sp³-hybridized carbons (Fsp3) is 1.00. The van der Waals surface area contributed by atoms with Gasteiger partial charge in [-0.1, -0.05) is 6.92 Å². The Morgan fingerprint density at radius 2 is 1.85 bits per heavy atom. The van der Waals surface area contributed by atoms with Crippen molar-refractivity contribution in [1.29, 1.82) is 0 Å². The Hall–Kier alpha value is -0.120.